The van der Waals surface area contributed by atoms with Crippen molar-refractivity contribution in [1.29, 1.82) is 0 Å². The van der Waals surface area contributed by atoms with Crippen LogP contribution in [-0.4, -0.2) is 88.1 Å². The average molecular weight is 866 g/mol. The van der Waals surface area contributed by atoms with Crippen LogP contribution in [-0.2, 0) is 54.1 Å². The Morgan fingerprint density at radius 3 is 2.37 bits per heavy atom. The molecule has 14 atom stereocenters. The van der Waals surface area contributed by atoms with E-state index in [2.05, 4.69) is 18.2 Å². The van der Waals surface area contributed by atoms with Crippen molar-refractivity contribution in [2.24, 2.45) is 35.5 Å². The number of aryl methyl sites for hydroxylation is 1. The van der Waals surface area contributed by atoms with Crippen molar-refractivity contribution in [2.75, 3.05) is 21.3 Å². The Hall–Kier alpha value is -2.23. The zero-order valence-corrected chi connectivity index (χ0v) is 34.8. The van der Waals surface area contributed by atoms with Crippen LogP contribution in [0.4, 0.5) is 0 Å². The van der Waals surface area contributed by atoms with Crippen molar-refractivity contribution >= 4 is 17.7 Å². The second kappa shape index (κ2) is 19.8. The predicted octanol–water partition coefficient (Wildman–Crippen LogP) is 2.33. The van der Waals surface area contributed by atoms with Crippen LogP contribution in [0.1, 0.15) is 78.6 Å². The van der Waals surface area contributed by atoms with E-state index in [9.17, 15) is 14.4 Å². The maximum atomic E-state index is 14.5. The zero-order valence-electron chi connectivity index (χ0n) is 32.7. The summed E-state index contributed by atoms with van der Waals surface area (Å²) in [5.41, 5.74) is 0.673. The van der Waals surface area contributed by atoms with E-state index in [0.29, 0.717) is 44.2 Å². The van der Waals surface area contributed by atoms with Gasteiger partial charge in [0.1, 0.15) is 37.1 Å². The molecule has 3 fully saturated rings. The van der Waals surface area contributed by atoms with E-state index < -0.39 is 24.4 Å². The number of ether oxygens (including phenoxy) is 7. The lowest BCUT2D eigenvalue weighted by Gasteiger charge is -2.44. The van der Waals surface area contributed by atoms with Gasteiger partial charge in [0.05, 0.1) is 31.0 Å². The van der Waals surface area contributed by atoms with Crippen LogP contribution < -0.4 is 28.5 Å². The van der Waals surface area contributed by atoms with Crippen LogP contribution >= 0.6 is 0 Å². The average Bonchev–Trinajstić information content (AvgIpc) is 3.74. The SMILES string of the molecule is CC[C@H]1CCC[C@H](OC(=O)CCC[n+]2ccccc2)[C@@H](C)C(=O)C2=C[C@@H]3[C@@H](C=C[C@@H]4C[C@@H](O[C@@H]5O[C@@H](C)[C@H](OC)[C@@H](OC)[C@H]5OC)C[C@@H]34)[C@@H]2CC(=O)O1.[I-]. The van der Waals surface area contributed by atoms with Gasteiger partial charge in [-0.3, -0.25) is 14.4 Å². The lowest BCUT2D eigenvalue weighted by Crippen LogP contribution is -3.00. The number of methoxy groups -OCH3 is 3. The molecule has 2 aliphatic heterocycles. The maximum absolute atomic E-state index is 14.5. The van der Waals surface area contributed by atoms with Crippen molar-refractivity contribution in [3.8, 4) is 0 Å². The summed E-state index contributed by atoms with van der Waals surface area (Å²) in [6, 6.07) is 5.89. The Bertz CT molecular complexity index is 1470. The fourth-order valence-corrected chi connectivity index (χ4v) is 9.68. The fourth-order valence-electron chi connectivity index (χ4n) is 9.68. The third-order valence-electron chi connectivity index (χ3n) is 12.5. The molecule has 0 unspecified atom stereocenters. The van der Waals surface area contributed by atoms with Gasteiger partial charge in [0.15, 0.2) is 24.5 Å². The molecule has 1 aromatic rings. The van der Waals surface area contributed by atoms with E-state index in [1.807, 2.05) is 55.9 Å². The van der Waals surface area contributed by atoms with Gasteiger partial charge in [-0.25, -0.2) is 4.57 Å². The summed E-state index contributed by atoms with van der Waals surface area (Å²) < 4.78 is 44.4. The molecule has 5 aliphatic rings. The summed E-state index contributed by atoms with van der Waals surface area (Å²) in [4.78, 5) is 41.1. The van der Waals surface area contributed by atoms with Crippen LogP contribution in [0.25, 0.3) is 0 Å². The highest BCUT2D eigenvalue weighted by Gasteiger charge is 2.52. The van der Waals surface area contributed by atoms with E-state index in [0.717, 1.165) is 12.8 Å². The third kappa shape index (κ3) is 9.65. The number of cyclic esters (lactones) is 1. The number of carbonyl (C=O) groups is 3. The van der Waals surface area contributed by atoms with Crippen molar-refractivity contribution in [2.45, 2.75) is 134 Å². The summed E-state index contributed by atoms with van der Waals surface area (Å²) in [5, 5.41) is 0. The first-order valence-corrected chi connectivity index (χ1v) is 19.8. The Balaban J connectivity index is 0.00000561. The number of halogens is 1. The number of carbonyl (C=O) groups excluding carboxylic acids is 3. The Morgan fingerprint density at radius 1 is 0.926 bits per heavy atom. The molecule has 3 heterocycles. The van der Waals surface area contributed by atoms with E-state index in [4.69, 9.17) is 33.2 Å². The van der Waals surface area contributed by atoms with E-state index >= 15 is 0 Å². The number of rotatable bonds is 11. The molecule has 3 aliphatic carbocycles. The molecular formula is C42H60INO10. The molecular weight excluding hydrogens is 805 g/mol. The molecule has 1 aromatic heterocycles. The number of hydrogen-bond acceptors (Lipinski definition) is 10. The summed E-state index contributed by atoms with van der Waals surface area (Å²) in [5.74, 6) is -0.859. The summed E-state index contributed by atoms with van der Waals surface area (Å²) >= 11 is 0. The van der Waals surface area contributed by atoms with Crippen molar-refractivity contribution in [3.05, 3.63) is 54.4 Å². The van der Waals surface area contributed by atoms with Crippen LogP contribution in [0.5, 0.6) is 0 Å². The number of allylic oxidation sites excluding steroid dienone is 4. The van der Waals surface area contributed by atoms with E-state index in [1.165, 1.54) is 0 Å². The molecule has 0 bridgehead atoms. The molecule has 300 valence electrons. The zero-order chi connectivity index (χ0) is 37.6. The minimum Gasteiger partial charge on any atom is -1.00 e. The van der Waals surface area contributed by atoms with Gasteiger partial charge in [-0.15, -0.1) is 0 Å². The Kier molecular flexibility index (Phi) is 15.7. The predicted molar refractivity (Wildman–Crippen MR) is 194 cm³/mol. The quantitative estimate of drug-likeness (QED) is 0.142. The number of pyridine rings is 1. The topological polar surface area (TPSA) is 120 Å². The van der Waals surface area contributed by atoms with Crippen molar-refractivity contribution < 1.29 is 76.1 Å². The van der Waals surface area contributed by atoms with Crippen molar-refractivity contribution in [3.63, 3.8) is 0 Å². The molecule has 54 heavy (non-hydrogen) atoms. The summed E-state index contributed by atoms with van der Waals surface area (Å²) in [7, 11) is 4.93. The van der Waals surface area contributed by atoms with Gasteiger partial charge in [-0.05, 0) is 74.7 Å². The third-order valence-corrected chi connectivity index (χ3v) is 12.5. The number of hydrogen-bond donors (Lipinski definition) is 0. The normalized spacial score (nSPS) is 38.1. The highest BCUT2D eigenvalue weighted by Crippen LogP contribution is 2.54. The Morgan fingerprint density at radius 2 is 1.67 bits per heavy atom. The van der Waals surface area contributed by atoms with Gasteiger partial charge in [0.2, 0.25) is 0 Å². The largest absolute Gasteiger partial charge is 1.00 e. The number of nitrogens with zero attached hydrogens (tertiary/aromatic N) is 1. The standard InChI is InChI=1S/C42H60NO10.HI/c1-7-28-13-11-14-35(53-36(44)15-12-20-43-18-9-8-10-19-43)25(2)38(46)34-23-32-30(33(34)24-37(45)51-28)17-16-27-21-29(22-31(27)32)52-42-41(49-6)40(48-5)39(47-4)26(3)50-42;/h8-10,16-19,23,25-33,35,39-42H,7,11-15,20-22,24H2,1-6H3;1H/q+1;/p-1/t25-,26+,27-,28+,29-,30-,31-,32-,33+,35+,39+,40-,41-,42+;/m1./s1. The Labute approximate surface area is 337 Å². The van der Waals surface area contributed by atoms with Gasteiger partial charge < -0.3 is 57.1 Å². The first kappa shape index (κ1) is 42.9. The van der Waals surface area contributed by atoms with E-state index in [-0.39, 0.29) is 115 Å². The molecule has 0 aromatic carbocycles. The van der Waals surface area contributed by atoms with Crippen LogP contribution in [0.2, 0.25) is 0 Å². The smallest absolute Gasteiger partial charge is 0.306 e. The molecule has 1 saturated carbocycles. The fraction of sp³-hybridized carbons (Fsp3) is 0.714. The van der Waals surface area contributed by atoms with E-state index in [1.54, 1.807) is 21.3 Å². The molecule has 6 rings (SSSR count). The highest BCUT2D eigenvalue weighted by atomic mass is 127. The van der Waals surface area contributed by atoms with Crippen LogP contribution in [0.3, 0.4) is 0 Å². The molecule has 0 N–H and O–H groups in total. The minimum absolute atomic E-state index is 0. The molecule has 0 amide bonds. The second-order valence-electron chi connectivity index (χ2n) is 15.7. The highest BCUT2D eigenvalue weighted by molar-refractivity contribution is 5.99. The number of aromatic nitrogens is 1. The molecule has 0 radical (unpaired) electrons. The van der Waals surface area contributed by atoms with Crippen LogP contribution in [0, 0.1) is 35.5 Å². The molecule has 11 nitrogen and oxygen atoms in total. The van der Waals surface area contributed by atoms with Gasteiger partial charge in [-0.2, -0.15) is 0 Å². The minimum atomic E-state index is -0.617. The molecule has 12 heteroatoms. The number of Topliss-reactive ketones (excluding diaryl/α,β-unsaturated/α-hetero) is 1. The molecule has 2 saturated heterocycles. The van der Waals surface area contributed by atoms with Gasteiger partial charge in [0, 0.05) is 45.8 Å². The summed E-state index contributed by atoms with van der Waals surface area (Å²) in [6.07, 6.45) is 13.0. The van der Waals surface area contributed by atoms with Crippen LogP contribution in [0.15, 0.2) is 54.4 Å². The first-order valence-electron chi connectivity index (χ1n) is 19.8. The lowest BCUT2D eigenvalue weighted by atomic mass is 9.70. The van der Waals surface area contributed by atoms with Crippen molar-refractivity contribution in [1.82, 2.24) is 0 Å². The lowest BCUT2D eigenvalue weighted by molar-refractivity contribution is -0.697. The second-order valence-corrected chi connectivity index (χ2v) is 15.7. The number of fused-ring (bicyclic) bond motifs is 5. The van der Waals surface area contributed by atoms with Gasteiger partial charge in [-0.1, -0.05) is 38.1 Å². The summed E-state index contributed by atoms with van der Waals surface area (Å²) in [6.45, 7) is 6.58. The van der Waals surface area contributed by atoms with Gasteiger partial charge >= 0.3 is 11.9 Å². The first-order chi connectivity index (χ1) is 25.6. The van der Waals surface area contributed by atoms with Gasteiger partial charge in [0.25, 0.3) is 0 Å². The number of ketones is 1. The molecule has 0 spiro atoms. The monoisotopic (exact) mass is 865 g/mol. The maximum Gasteiger partial charge on any atom is 0.306 e. The number of esters is 2.